The number of methoxy groups -OCH3 is 1. The van der Waals surface area contributed by atoms with Crippen LogP contribution in [0, 0.1) is 28.6 Å². The zero-order chi connectivity index (χ0) is 17.8. The predicted molar refractivity (Wildman–Crippen MR) is 97.7 cm³/mol. The van der Waals surface area contributed by atoms with Gasteiger partial charge in [-0.25, -0.2) is 0 Å². The van der Waals surface area contributed by atoms with Crippen LogP contribution in [-0.2, 0) is 14.3 Å². The fourth-order valence-electron chi connectivity index (χ4n) is 6.80. The predicted octanol–water partition coefficient (Wildman–Crippen LogP) is 5.02. The van der Waals surface area contributed by atoms with Crippen LogP contribution in [0.25, 0.3) is 0 Å². The molecule has 0 bridgehead atoms. The minimum absolute atomic E-state index is 0.111. The maximum absolute atomic E-state index is 11.6. The number of ether oxygens (including phenoxy) is 2. The average Bonchev–Trinajstić information content (AvgIpc) is 2.90. The third-order valence-electron chi connectivity index (χ3n) is 8.08. The second-order valence-corrected chi connectivity index (χ2v) is 9.30. The van der Waals surface area contributed by atoms with Crippen molar-refractivity contribution in [2.45, 2.75) is 71.8 Å². The Balaban J connectivity index is 1.68. The third kappa shape index (κ3) is 2.57. The molecule has 0 aromatic rings. The molecule has 2 fully saturated rings. The first-order chi connectivity index (χ1) is 11.9. The zero-order valence-corrected chi connectivity index (χ0v) is 16.1. The third-order valence-corrected chi connectivity index (χ3v) is 8.08. The fourth-order valence-corrected chi connectivity index (χ4v) is 6.80. The van der Waals surface area contributed by atoms with Gasteiger partial charge < -0.3 is 9.47 Å². The number of carbonyl (C=O) groups excluding carboxylic acids is 1. The molecule has 25 heavy (non-hydrogen) atoms. The van der Waals surface area contributed by atoms with E-state index in [1.165, 1.54) is 31.3 Å². The van der Waals surface area contributed by atoms with E-state index in [0.717, 1.165) is 25.0 Å². The molecule has 0 heterocycles. The molecule has 0 amide bonds. The lowest BCUT2D eigenvalue weighted by atomic mass is 9.48. The summed E-state index contributed by atoms with van der Waals surface area (Å²) in [4.78, 5) is 11.6. The molecular formula is C22H32O3. The first-order valence-electron chi connectivity index (χ1n) is 10.00. The van der Waals surface area contributed by atoms with Crippen LogP contribution in [0.2, 0.25) is 0 Å². The van der Waals surface area contributed by atoms with Crippen LogP contribution < -0.4 is 0 Å². The van der Waals surface area contributed by atoms with Crippen molar-refractivity contribution in [1.82, 2.24) is 0 Å². The smallest absolute Gasteiger partial charge is 0.302 e. The lowest BCUT2D eigenvalue weighted by molar-refractivity contribution is -0.154. The van der Waals surface area contributed by atoms with E-state index in [1.807, 2.05) is 0 Å². The molecule has 6 atom stereocenters. The van der Waals surface area contributed by atoms with Crippen molar-refractivity contribution in [3.05, 3.63) is 23.5 Å². The first-order valence-corrected chi connectivity index (χ1v) is 10.00. The summed E-state index contributed by atoms with van der Waals surface area (Å²) >= 11 is 0. The Morgan fingerprint density at radius 1 is 1.20 bits per heavy atom. The highest BCUT2D eigenvalue weighted by Gasteiger charge is 2.59. The molecule has 0 aliphatic heterocycles. The Kier molecular flexibility index (Phi) is 4.05. The number of rotatable bonds is 2. The molecule has 138 valence electrons. The number of hydrogen-bond donors (Lipinski definition) is 0. The normalized spacial score (nSPS) is 45.4. The molecule has 0 N–H and O–H groups in total. The molecule has 0 unspecified atom stereocenters. The summed E-state index contributed by atoms with van der Waals surface area (Å²) < 4.78 is 11.3. The SMILES string of the molecule is COC1=CC2=CC[C@H]3[C@@H]4[C@@H](OC(C)=O)CC[C@@]4(C)CC[C@@H]3[C@@]2(C)CC1. The van der Waals surface area contributed by atoms with Gasteiger partial charge in [0, 0.05) is 19.3 Å². The summed E-state index contributed by atoms with van der Waals surface area (Å²) in [6, 6.07) is 0. The Hall–Kier alpha value is -1.25. The van der Waals surface area contributed by atoms with Crippen molar-refractivity contribution >= 4 is 5.97 Å². The van der Waals surface area contributed by atoms with E-state index < -0.39 is 0 Å². The molecule has 4 rings (SSSR count). The summed E-state index contributed by atoms with van der Waals surface area (Å²) in [5.41, 5.74) is 2.10. The van der Waals surface area contributed by atoms with Gasteiger partial charge >= 0.3 is 5.97 Å². The van der Waals surface area contributed by atoms with Gasteiger partial charge in [0.05, 0.1) is 12.9 Å². The minimum Gasteiger partial charge on any atom is -0.501 e. The molecule has 3 heteroatoms. The van der Waals surface area contributed by atoms with Gasteiger partial charge in [-0.05, 0) is 72.8 Å². The van der Waals surface area contributed by atoms with Crippen molar-refractivity contribution in [1.29, 1.82) is 0 Å². The van der Waals surface area contributed by atoms with Crippen molar-refractivity contribution in [2.75, 3.05) is 7.11 Å². The molecule has 0 radical (unpaired) electrons. The van der Waals surface area contributed by atoms with E-state index in [9.17, 15) is 4.79 Å². The van der Waals surface area contributed by atoms with Crippen LogP contribution >= 0.6 is 0 Å². The van der Waals surface area contributed by atoms with Crippen LogP contribution in [0.15, 0.2) is 23.5 Å². The van der Waals surface area contributed by atoms with Crippen molar-refractivity contribution < 1.29 is 14.3 Å². The summed E-state index contributed by atoms with van der Waals surface area (Å²) in [5.74, 6) is 2.90. The van der Waals surface area contributed by atoms with E-state index in [2.05, 4.69) is 26.0 Å². The standard InChI is InChI=1S/C22H32O3/c1-14(23)25-19-9-11-21(2)10-8-18-17(20(19)21)6-5-15-13-16(24-4)7-12-22(15,18)3/h5,13,17-20H,6-12H2,1-4H3/t17-,18+,19+,20-,21-,22+/m1/s1. The van der Waals surface area contributed by atoms with Crippen molar-refractivity contribution in [2.24, 2.45) is 28.6 Å². The second-order valence-electron chi connectivity index (χ2n) is 9.30. The number of carbonyl (C=O) groups is 1. The van der Waals surface area contributed by atoms with Crippen LogP contribution in [0.1, 0.15) is 65.7 Å². The fraction of sp³-hybridized carbons (Fsp3) is 0.773. The molecule has 0 aromatic heterocycles. The van der Waals surface area contributed by atoms with E-state index in [-0.39, 0.29) is 17.5 Å². The maximum atomic E-state index is 11.6. The van der Waals surface area contributed by atoms with Gasteiger partial charge in [-0.3, -0.25) is 4.79 Å². The second kappa shape index (κ2) is 5.89. The van der Waals surface area contributed by atoms with Gasteiger partial charge in [0.2, 0.25) is 0 Å². The Morgan fingerprint density at radius 2 is 1.96 bits per heavy atom. The molecule has 0 saturated heterocycles. The van der Waals surface area contributed by atoms with Gasteiger partial charge in [0.1, 0.15) is 6.10 Å². The van der Waals surface area contributed by atoms with Gasteiger partial charge in [-0.2, -0.15) is 0 Å². The summed E-state index contributed by atoms with van der Waals surface area (Å²) in [6.45, 7) is 6.48. The van der Waals surface area contributed by atoms with Crippen molar-refractivity contribution in [3.8, 4) is 0 Å². The molecule has 0 aromatic carbocycles. The lowest BCUT2D eigenvalue weighted by Gasteiger charge is -2.56. The van der Waals surface area contributed by atoms with Crippen LogP contribution in [0.5, 0.6) is 0 Å². The highest BCUT2D eigenvalue weighted by Crippen LogP contribution is 2.64. The van der Waals surface area contributed by atoms with E-state index in [1.54, 1.807) is 14.0 Å². The van der Waals surface area contributed by atoms with Gasteiger partial charge in [0.25, 0.3) is 0 Å². The minimum atomic E-state index is -0.111. The highest BCUT2D eigenvalue weighted by atomic mass is 16.5. The number of allylic oxidation sites excluding steroid dienone is 4. The topological polar surface area (TPSA) is 35.5 Å². The Labute approximate surface area is 151 Å². The number of hydrogen-bond acceptors (Lipinski definition) is 3. The molecular weight excluding hydrogens is 312 g/mol. The van der Waals surface area contributed by atoms with E-state index >= 15 is 0 Å². The molecule has 0 spiro atoms. The van der Waals surface area contributed by atoms with Crippen molar-refractivity contribution in [3.63, 3.8) is 0 Å². The first kappa shape index (κ1) is 17.2. The zero-order valence-electron chi connectivity index (χ0n) is 16.1. The summed E-state index contributed by atoms with van der Waals surface area (Å²) in [6.07, 6.45) is 13.1. The van der Waals surface area contributed by atoms with Crippen LogP contribution in [0.3, 0.4) is 0 Å². The highest BCUT2D eigenvalue weighted by molar-refractivity contribution is 5.66. The summed E-state index contributed by atoms with van der Waals surface area (Å²) in [7, 11) is 1.79. The lowest BCUT2D eigenvalue weighted by Crippen LogP contribution is -2.50. The number of esters is 1. The van der Waals surface area contributed by atoms with Crippen LogP contribution in [-0.4, -0.2) is 19.2 Å². The van der Waals surface area contributed by atoms with Gasteiger partial charge in [0.15, 0.2) is 0 Å². The molecule has 3 nitrogen and oxygen atoms in total. The average molecular weight is 344 g/mol. The molecule has 2 saturated carbocycles. The van der Waals surface area contributed by atoms with Gasteiger partial charge in [-0.15, -0.1) is 0 Å². The van der Waals surface area contributed by atoms with E-state index in [4.69, 9.17) is 9.47 Å². The quantitative estimate of drug-likeness (QED) is 0.660. The monoisotopic (exact) mass is 344 g/mol. The number of fused-ring (bicyclic) bond motifs is 5. The Morgan fingerprint density at radius 3 is 2.68 bits per heavy atom. The molecule has 4 aliphatic rings. The summed E-state index contributed by atoms with van der Waals surface area (Å²) in [5, 5.41) is 0. The van der Waals surface area contributed by atoms with E-state index in [0.29, 0.717) is 23.2 Å². The molecule has 4 aliphatic carbocycles. The Bertz CT molecular complexity index is 633. The van der Waals surface area contributed by atoms with Gasteiger partial charge in [-0.1, -0.05) is 19.9 Å². The largest absolute Gasteiger partial charge is 0.501 e. The maximum Gasteiger partial charge on any atom is 0.302 e. The van der Waals surface area contributed by atoms with Crippen LogP contribution in [0.4, 0.5) is 0 Å².